The predicted octanol–water partition coefficient (Wildman–Crippen LogP) is 1.23. The Morgan fingerprint density at radius 1 is 1.23 bits per heavy atom. The molecule has 30 heavy (non-hydrogen) atoms. The van der Waals surface area contributed by atoms with Gasteiger partial charge in [0.15, 0.2) is 5.96 Å². The molecule has 0 aromatic carbocycles. The van der Waals surface area contributed by atoms with Crippen molar-refractivity contribution >= 4 is 5.96 Å². The molecule has 1 aromatic rings. The summed E-state index contributed by atoms with van der Waals surface area (Å²) in [7, 11) is 2.22. The number of aliphatic imine (C=N–C) groups is 1. The molecule has 0 radical (unpaired) electrons. The van der Waals surface area contributed by atoms with E-state index >= 15 is 0 Å². The van der Waals surface area contributed by atoms with Crippen LogP contribution < -0.4 is 16.3 Å². The summed E-state index contributed by atoms with van der Waals surface area (Å²) in [5.74, 6) is 1.82. The molecule has 0 bridgehead atoms. The highest BCUT2D eigenvalue weighted by Crippen LogP contribution is 2.32. The Balaban J connectivity index is 1.12. The topological polar surface area (TPSA) is 71.1 Å². The van der Waals surface area contributed by atoms with E-state index in [1.807, 2.05) is 6.20 Å². The first-order valence-corrected chi connectivity index (χ1v) is 11.4. The summed E-state index contributed by atoms with van der Waals surface area (Å²) < 4.78 is 0. The number of aromatic nitrogens is 1. The highest BCUT2D eigenvalue weighted by Gasteiger charge is 2.28. The third-order valence-corrected chi connectivity index (χ3v) is 6.81. The number of pyridine rings is 1. The number of aryl methyl sites for hydroxylation is 1. The molecule has 162 valence electrons. The third kappa shape index (κ3) is 4.25. The lowest BCUT2D eigenvalue weighted by atomic mass is 9.91. The molecular formula is C22H34N8. The zero-order valence-corrected chi connectivity index (χ0v) is 18.0. The average molecular weight is 411 g/mol. The van der Waals surface area contributed by atoms with Crippen molar-refractivity contribution in [2.24, 2.45) is 10.9 Å². The van der Waals surface area contributed by atoms with Gasteiger partial charge in [-0.15, -0.1) is 5.53 Å². The molecule has 1 unspecified atom stereocenters. The van der Waals surface area contributed by atoms with Gasteiger partial charge in [0.05, 0.1) is 24.0 Å². The molecular weight excluding hydrogens is 376 g/mol. The SMILES string of the molecule is CN(CC1=CN(CC2CCN(C3=NCCN3)CC2)NN1)C1CCCc2cccnc21. The van der Waals surface area contributed by atoms with E-state index in [4.69, 9.17) is 4.98 Å². The summed E-state index contributed by atoms with van der Waals surface area (Å²) in [6, 6.07) is 4.70. The highest BCUT2D eigenvalue weighted by molar-refractivity contribution is 5.81. The normalized spacial score (nSPS) is 24.4. The van der Waals surface area contributed by atoms with E-state index in [0.29, 0.717) is 12.0 Å². The fraction of sp³-hybridized carbons (Fsp3) is 0.636. The van der Waals surface area contributed by atoms with E-state index in [-0.39, 0.29) is 0 Å². The second kappa shape index (κ2) is 8.81. The number of hydrogen-bond donors (Lipinski definition) is 3. The lowest BCUT2D eigenvalue weighted by molar-refractivity contribution is 0.176. The van der Waals surface area contributed by atoms with Crippen LogP contribution in [-0.4, -0.2) is 72.1 Å². The van der Waals surface area contributed by atoms with Crippen molar-refractivity contribution in [3.05, 3.63) is 41.5 Å². The molecule has 5 rings (SSSR count). The van der Waals surface area contributed by atoms with Gasteiger partial charge in [-0.2, -0.15) is 0 Å². The third-order valence-electron chi connectivity index (χ3n) is 6.81. The first-order chi connectivity index (χ1) is 14.8. The molecule has 1 saturated heterocycles. The molecule has 0 saturated carbocycles. The molecule has 0 spiro atoms. The first kappa shape index (κ1) is 19.6. The van der Waals surface area contributed by atoms with Crippen LogP contribution in [0.25, 0.3) is 0 Å². The van der Waals surface area contributed by atoms with E-state index < -0.39 is 0 Å². The maximum Gasteiger partial charge on any atom is 0.194 e. The van der Waals surface area contributed by atoms with Gasteiger partial charge in [0.2, 0.25) is 0 Å². The van der Waals surface area contributed by atoms with Gasteiger partial charge in [-0.25, -0.2) is 0 Å². The number of nitrogens with zero attached hydrogens (tertiary/aromatic N) is 5. The van der Waals surface area contributed by atoms with Gasteiger partial charge < -0.3 is 15.6 Å². The van der Waals surface area contributed by atoms with Gasteiger partial charge in [-0.1, -0.05) is 6.07 Å². The molecule has 4 aliphatic rings. The standard InChI is InChI=1S/C22H34N8/c1-28(20-6-2-4-18-5-3-9-23-21(18)20)15-19-16-30(27-26-19)14-17-7-12-29(13-8-17)22-24-10-11-25-22/h3,5,9,16-17,20,26-27H,2,4,6-8,10-15H2,1H3,(H,24,25). The summed E-state index contributed by atoms with van der Waals surface area (Å²) in [4.78, 5) is 14.1. The van der Waals surface area contributed by atoms with Crippen LogP contribution in [0, 0.1) is 5.92 Å². The van der Waals surface area contributed by atoms with Crippen LogP contribution >= 0.6 is 0 Å². The van der Waals surface area contributed by atoms with Crippen molar-refractivity contribution in [3.8, 4) is 0 Å². The number of hydrazine groups is 2. The van der Waals surface area contributed by atoms with Crippen LogP contribution in [0.3, 0.4) is 0 Å². The summed E-state index contributed by atoms with van der Waals surface area (Å²) in [5.41, 5.74) is 10.6. The van der Waals surface area contributed by atoms with Crippen molar-refractivity contribution in [2.45, 2.75) is 38.1 Å². The number of piperidine rings is 1. The number of hydrogen-bond acceptors (Lipinski definition) is 8. The quantitative estimate of drug-likeness (QED) is 0.674. The maximum absolute atomic E-state index is 4.70. The first-order valence-electron chi connectivity index (χ1n) is 11.4. The number of likely N-dealkylation sites (N-methyl/N-ethyl adjacent to an activating group) is 1. The summed E-state index contributed by atoms with van der Waals surface area (Å²) >= 11 is 0. The Morgan fingerprint density at radius 3 is 2.97 bits per heavy atom. The second-order valence-corrected chi connectivity index (χ2v) is 8.98. The van der Waals surface area contributed by atoms with Crippen LogP contribution in [0.1, 0.15) is 43.0 Å². The van der Waals surface area contributed by atoms with Crippen LogP contribution in [0.4, 0.5) is 0 Å². The minimum atomic E-state index is 0.406. The Labute approximate surface area is 179 Å². The highest BCUT2D eigenvalue weighted by atomic mass is 15.7. The molecule has 4 heterocycles. The lowest BCUT2D eigenvalue weighted by Crippen LogP contribution is -2.46. The zero-order chi connectivity index (χ0) is 20.3. The Hall–Kier alpha value is -2.32. The Morgan fingerprint density at radius 2 is 2.13 bits per heavy atom. The minimum absolute atomic E-state index is 0.406. The molecule has 8 heteroatoms. The molecule has 1 atom stereocenters. The molecule has 1 aliphatic carbocycles. The van der Waals surface area contributed by atoms with E-state index in [9.17, 15) is 0 Å². The van der Waals surface area contributed by atoms with Gasteiger partial charge in [0.25, 0.3) is 0 Å². The fourth-order valence-electron chi connectivity index (χ4n) is 5.17. The zero-order valence-electron chi connectivity index (χ0n) is 18.0. The van der Waals surface area contributed by atoms with Crippen molar-refractivity contribution < 1.29 is 0 Å². The summed E-state index contributed by atoms with van der Waals surface area (Å²) in [6.07, 6.45) is 10.2. The van der Waals surface area contributed by atoms with E-state index in [0.717, 1.165) is 51.6 Å². The maximum atomic E-state index is 4.70. The van der Waals surface area contributed by atoms with Gasteiger partial charge in [-0.05, 0) is 56.7 Å². The lowest BCUT2D eigenvalue weighted by Gasteiger charge is -2.34. The number of nitrogens with one attached hydrogen (secondary N) is 3. The van der Waals surface area contributed by atoms with Crippen LogP contribution in [0.5, 0.6) is 0 Å². The van der Waals surface area contributed by atoms with E-state index in [1.54, 1.807) is 0 Å². The largest absolute Gasteiger partial charge is 0.354 e. The van der Waals surface area contributed by atoms with Gasteiger partial charge in [0.1, 0.15) is 0 Å². The van der Waals surface area contributed by atoms with Gasteiger partial charge in [-0.3, -0.25) is 19.9 Å². The Kier molecular flexibility index (Phi) is 5.77. The second-order valence-electron chi connectivity index (χ2n) is 8.98. The number of guanidine groups is 1. The predicted molar refractivity (Wildman–Crippen MR) is 118 cm³/mol. The van der Waals surface area contributed by atoms with Gasteiger partial charge in [0, 0.05) is 45.1 Å². The molecule has 8 nitrogen and oxygen atoms in total. The van der Waals surface area contributed by atoms with Crippen LogP contribution in [0.2, 0.25) is 0 Å². The number of rotatable bonds is 5. The van der Waals surface area contributed by atoms with Crippen molar-refractivity contribution in [1.82, 2.24) is 36.1 Å². The Bertz CT molecular complexity index is 798. The monoisotopic (exact) mass is 410 g/mol. The van der Waals surface area contributed by atoms with Crippen LogP contribution in [0.15, 0.2) is 35.2 Å². The van der Waals surface area contributed by atoms with Crippen molar-refractivity contribution in [2.75, 3.05) is 46.3 Å². The molecule has 1 aromatic heterocycles. The smallest absolute Gasteiger partial charge is 0.194 e. The van der Waals surface area contributed by atoms with E-state index in [1.165, 1.54) is 42.6 Å². The molecule has 1 fully saturated rings. The van der Waals surface area contributed by atoms with Crippen molar-refractivity contribution in [3.63, 3.8) is 0 Å². The average Bonchev–Trinajstić information content (AvgIpc) is 3.46. The fourth-order valence-corrected chi connectivity index (χ4v) is 5.17. The van der Waals surface area contributed by atoms with Crippen molar-refractivity contribution in [1.29, 1.82) is 0 Å². The summed E-state index contributed by atoms with van der Waals surface area (Å²) in [6.45, 7) is 6.05. The van der Waals surface area contributed by atoms with Crippen LogP contribution in [-0.2, 0) is 6.42 Å². The molecule has 0 amide bonds. The van der Waals surface area contributed by atoms with E-state index in [2.05, 4.69) is 61.5 Å². The summed E-state index contributed by atoms with van der Waals surface area (Å²) in [5, 5.41) is 5.62. The molecule has 3 aliphatic heterocycles. The number of likely N-dealkylation sites (tertiary alicyclic amines) is 1. The van der Waals surface area contributed by atoms with Gasteiger partial charge >= 0.3 is 0 Å². The molecule has 3 N–H and O–H groups in total. The minimum Gasteiger partial charge on any atom is -0.354 e. The number of fused-ring (bicyclic) bond motifs is 1.